The Labute approximate surface area is 453 Å². The number of carbonyl (C=O) groups excluding carboxylic acids is 2. The summed E-state index contributed by atoms with van der Waals surface area (Å²) in [4.78, 5) is 54.5. The van der Waals surface area contributed by atoms with Crippen molar-refractivity contribution in [3.63, 3.8) is 0 Å². The predicted octanol–water partition coefficient (Wildman–Crippen LogP) is 10.9. The van der Waals surface area contributed by atoms with Crippen LogP contribution in [0.25, 0.3) is 0 Å². The first-order valence-electron chi connectivity index (χ1n) is 24.4. The fourth-order valence-electron chi connectivity index (χ4n) is 9.52. The third kappa shape index (κ3) is 13.5. The molecular formula is C54H62Cl4N2O12S2. The quantitative estimate of drug-likeness (QED) is 0.108. The Morgan fingerprint density at radius 3 is 1.14 bits per heavy atom. The number of nitrogens with zero attached hydrogens (tertiary/aromatic N) is 2. The number of ether oxygens (including phenoxy) is 2. The van der Waals surface area contributed by atoms with E-state index in [1.807, 2.05) is 12.1 Å². The van der Waals surface area contributed by atoms with Gasteiger partial charge >= 0.3 is 11.9 Å². The molecule has 0 radical (unpaired) electrons. The second kappa shape index (κ2) is 22.8. The number of hydrogen-bond donors (Lipinski definition) is 2. The second-order valence-electron chi connectivity index (χ2n) is 21.5. The van der Waals surface area contributed by atoms with Crippen LogP contribution >= 0.6 is 46.4 Å². The molecular weight excluding hydrogens is 1070 g/mol. The van der Waals surface area contributed by atoms with Crippen LogP contribution in [0, 0.1) is 11.8 Å². The largest absolute Gasteiger partial charge is 0.481 e. The Balaban J connectivity index is 0.000000216. The number of carboxylic acid groups (broad SMARTS) is 2. The molecule has 8 atom stereocenters. The molecule has 2 aliphatic heterocycles. The number of hydrogen-bond acceptors (Lipinski definition) is 10. The minimum absolute atomic E-state index is 0.0144. The first-order chi connectivity index (χ1) is 34.6. The summed E-state index contributed by atoms with van der Waals surface area (Å²) in [7, 11) is -7.22. The van der Waals surface area contributed by atoms with Crippen LogP contribution in [0.4, 0.5) is 0 Å². The number of aliphatic carboxylic acids is 2. The molecule has 0 aromatic heterocycles. The van der Waals surface area contributed by atoms with E-state index in [1.54, 1.807) is 136 Å². The van der Waals surface area contributed by atoms with Gasteiger partial charge in [-0.25, -0.2) is 16.8 Å². The number of carboxylic acids is 2. The molecule has 20 heteroatoms. The average Bonchev–Trinajstić information content (AvgIpc) is 4.24. The molecule has 74 heavy (non-hydrogen) atoms. The van der Waals surface area contributed by atoms with Gasteiger partial charge in [0.05, 0.1) is 45.9 Å². The maximum atomic E-state index is 14.0. The number of carbonyl (C=O) groups is 4. The monoisotopic (exact) mass is 1130 g/mol. The van der Waals surface area contributed by atoms with E-state index in [4.69, 9.17) is 55.9 Å². The topological polar surface area (TPSA) is 202 Å². The molecule has 0 bridgehead atoms. The number of halogens is 4. The molecule has 2 saturated carbocycles. The van der Waals surface area contributed by atoms with E-state index >= 15 is 0 Å². The normalized spacial score (nSPS) is 23.6. The van der Waals surface area contributed by atoms with Crippen LogP contribution in [-0.4, -0.2) is 106 Å². The zero-order chi connectivity index (χ0) is 54.2. The zero-order valence-corrected chi connectivity index (χ0v) is 46.5. The van der Waals surface area contributed by atoms with Gasteiger partial charge in [-0.1, -0.05) is 94.9 Å². The van der Waals surface area contributed by atoms with Crippen molar-refractivity contribution < 1.29 is 55.7 Å². The van der Waals surface area contributed by atoms with Crippen molar-refractivity contribution in [2.45, 2.75) is 138 Å². The van der Waals surface area contributed by atoms with Gasteiger partial charge in [0, 0.05) is 32.2 Å². The van der Waals surface area contributed by atoms with Crippen LogP contribution in [-0.2, 0) is 48.3 Å². The standard InChI is InChI=1S/2C27H31Cl2NO6S/c2*1-27(2,3)37(34,35)15-21(16-7-8-16)30-24(17-9-11-19(28)12-10-17)25(18-5-4-6-20(29)13-18)36-22(26(30)33)14-23(31)32/h2*4-6,9-13,16,21-22,24-25H,7-8,14-15H2,1-3H3,(H,31,32)/t21?,22-,24+,25+;21?,22-,24-,25-/m01/s1. The summed E-state index contributed by atoms with van der Waals surface area (Å²) in [5, 5.41) is 21.1. The summed E-state index contributed by atoms with van der Waals surface area (Å²) in [5.41, 5.74) is 2.73. The van der Waals surface area contributed by atoms with Gasteiger partial charge in [-0.05, 0) is 150 Å². The van der Waals surface area contributed by atoms with Crippen molar-refractivity contribution in [3.8, 4) is 0 Å². The Hall–Kier alpha value is -4.26. The van der Waals surface area contributed by atoms with E-state index in [0.29, 0.717) is 42.3 Å². The first kappa shape index (κ1) is 57.4. The van der Waals surface area contributed by atoms with E-state index in [0.717, 1.165) is 25.7 Å². The van der Waals surface area contributed by atoms with E-state index in [2.05, 4.69) is 0 Å². The van der Waals surface area contributed by atoms with Gasteiger partial charge < -0.3 is 29.5 Å². The van der Waals surface area contributed by atoms with E-state index in [1.165, 1.54) is 0 Å². The minimum Gasteiger partial charge on any atom is -0.481 e. The van der Waals surface area contributed by atoms with Crippen LogP contribution < -0.4 is 0 Å². The highest BCUT2D eigenvalue weighted by atomic mass is 35.5. The number of rotatable bonds is 16. The highest BCUT2D eigenvalue weighted by Crippen LogP contribution is 2.51. The van der Waals surface area contributed by atoms with Gasteiger partial charge in [-0.3, -0.25) is 19.2 Å². The SMILES string of the molecule is CC(C)(C)S(=O)(=O)CC(C1CC1)N1C(=O)[C@@H](CC(=O)O)O[C@H](c2cccc(Cl)c2)[C@H]1c1ccc(Cl)cc1.CC(C)(C)S(=O)(=O)CC(C1CC1)N1C(=O)[C@H](CC(=O)O)O[C@H](c2cccc(Cl)c2)[C@H]1c1ccc(Cl)cc1. The third-order valence-corrected chi connectivity index (χ3v) is 20.3. The molecule has 2 unspecified atom stereocenters. The van der Waals surface area contributed by atoms with Gasteiger partial charge in [-0.15, -0.1) is 0 Å². The Morgan fingerprint density at radius 2 is 0.865 bits per heavy atom. The smallest absolute Gasteiger partial charge is 0.306 e. The Bertz CT molecular complexity index is 2740. The third-order valence-electron chi connectivity index (χ3n) is 14.0. The van der Waals surface area contributed by atoms with Crippen molar-refractivity contribution in [1.29, 1.82) is 0 Å². The molecule has 0 spiro atoms. The highest BCUT2D eigenvalue weighted by Gasteiger charge is 2.54. The molecule has 4 fully saturated rings. The number of amides is 2. The van der Waals surface area contributed by atoms with E-state index in [9.17, 15) is 46.2 Å². The minimum atomic E-state index is -3.61. The first-order valence-corrected chi connectivity index (χ1v) is 29.2. The fraction of sp³-hybridized carbons (Fsp3) is 0.481. The molecule has 2 N–H and O–H groups in total. The van der Waals surface area contributed by atoms with Crippen LogP contribution in [0.1, 0.15) is 127 Å². The van der Waals surface area contributed by atoms with E-state index < -0.39 is 114 Å². The van der Waals surface area contributed by atoms with Crippen LogP contribution in [0.5, 0.6) is 0 Å². The van der Waals surface area contributed by atoms with Crippen LogP contribution in [0.3, 0.4) is 0 Å². The maximum Gasteiger partial charge on any atom is 0.306 e. The summed E-state index contributed by atoms with van der Waals surface area (Å²) in [6.45, 7) is 9.87. The Morgan fingerprint density at radius 1 is 0.541 bits per heavy atom. The number of benzene rings is 4. The van der Waals surface area contributed by atoms with Crippen molar-refractivity contribution in [1.82, 2.24) is 9.80 Å². The lowest BCUT2D eigenvalue weighted by molar-refractivity contribution is -0.183. The molecule has 400 valence electrons. The van der Waals surface area contributed by atoms with Gasteiger partial charge in [0.1, 0.15) is 24.4 Å². The molecule has 2 heterocycles. The lowest BCUT2D eigenvalue weighted by Crippen LogP contribution is -2.58. The average molecular weight is 1140 g/mol. The van der Waals surface area contributed by atoms with Gasteiger partial charge in [-0.2, -0.15) is 0 Å². The van der Waals surface area contributed by atoms with Gasteiger partial charge in [0.15, 0.2) is 19.7 Å². The summed E-state index contributed by atoms with van der Waals surface area (Å²) < 4.78 is 64.0. The maximum absolute atomic E-state index is 14.0. The molecule has 14 nitrogen and oxygen atoms in total. The molecule has 2 amide bonds. The molecule has 2 aliphatic carbocycles. The molecule has 4 aromatic rings. The molecule has 4 aromatic carbocycles. The van der Waals surface area contributed by atoms with Gasteiger partial charge in [0.2, 0.25) is 0 Å². The molecule has 2 saturated heterocycles. The van der Waals surface area contributed by atoms with Crippen molar-refractivity contribution in [2.75, 3.05) is 11.5 Å². The summed E-state index contributed by atoms with van der Waals surface area (Å²) in [5.74, 6) is -3.89. The van der Waals surface area contributed by atoms with Crippen LogP contribution in [0.15, 0.2) is 97.1 Å². The molecule has 8 rings (SSSR count). The lowest BCUT2D eigenvalue weighted by atomic mass is 9.89. The number of sulfone groups is 2. The van der Waals surface area contributed by atoms with Crippen molar-refractivity contribution in [2.24, 2.45) is 11.8 Å². The molecule has 4 aliphatic rings. The van der Waals surface area contributed by atoms with Crippen LogP contribution in [0.2, 0.25) is 20.1 Å². The Kier molecular flexibility index (Phi) is 17.7. The van der Waals surface area contributed by atoms with Gasteiger partial charge in [0.25, 0.3) is 11.8 Å². The zero-order valence-electron chi connectivity index (χ0n) is 41.9. The highest BCUT2D eigenvalue weighted by molar-refractivity contribution is 7.93. The summed E-state index contributed by atoms with van der Waals surface area (Å²) >= 11 is 24.9. The fourth-order valence-corrected chi connectivity index (χ4v) is 12.9. The predicted molar refractivity (Wildman–Crippen MR) is 285 cm³/mol. The van der Waals surface area contributed by atoms with Crippen molar-refractivity contribution >= 4 is 89.8 Å². The van der Waals surface area contributed by atoms with Crippen molar-refractivity contribution in [3.05, 3.63) is 139 Å². The summed E-state index contributed by atoms with van der Waals surface area (Å²) in [6.07, 6.45) is -2.04. The lowest BCUT2D eigenvalue weighted by Gasteiger charge is -2.48. The second-order valence-corrected chi connectivity index (χ2v) is 28.8. The summed E-state index contributed by atoms with van der Waals surface area (Å²) in [6, 6.07) is 25.3. The number of morpholine rings is 2. The van der Waals surface area contributed by atoms with E-state index in [-0.39, 0.29) is 23.3 Å².